The van der Waals surface area contributed by atoms with Crippen LogP contribution in [0.5, 0.6) is 0 Å². The number of nitrogens with one attached hydrogen (secondary N) is 1. The zero-order chi connectivity index (χ0) is 16.8. The van der Waals surface area contributed by atoms with Crippen LogP contribution in [0.4, 0.5) is 0 Å². The molecule has 3 N–H and O–H groups in total. The van der Waals surface area contributed by atoms with Gasteiger partial charge in [0.15, 0.2) is 0 Å². The number of nitrogens with two attached hydrogens (primary N) is 1. The Kier molecular flexibility index (Phi) is 7.03. The molecule has 0 aliphatic carbocycles. The smallest absolute Gasteiger partial charge is 0.238 e. The zero-order valence-electron chi connectivity index (χ0n) is 13.5. The largest absolute Gasteiger partial charge is 0.353 e. The lowest BCUT2D eigenvalue weighted by atomic mass is 10.0. The second kappa shape index (κ2) is 8.29. The molecule has 1 aromatic carbocycles. The molecule has 0 unspecified atom stereocenters. The normalized spacial score (nSPS) is 13.1. The Morgan fingerprint density at radius 3 is 2.23 bits per heavy atom. The van der Waals surface area contributed by atoms with E-state index in [2.05, 4.69) is 19.2 Å². The molecule has 0 radical (unpaired) electrons. The van der Waals surface area contributed by atoms with E-state index < -0.39 is 10.0 Å². The SMILES string of the molecule is CC(C)CCC[C@@H](C)NC(=O)Cc1ccc(S(N)(=O)=O)cc1. The summed E-state index contributed by atoms with van der Waals surface area (Å²) in [5, 5.41) is 8.00. The van der Waals surface area contributed by atoms with Crippen LogP contribution in [0.15, 0.2) is 29.2 Å². The van der Waals surface area contributed by atoms with Gasteiger partial charge in [0.2, 0.25) is 15.9 Å². The van der Waals surface area contributed by atoms with E-state index in [1.54, 1.807) is 12.1 Å². The van der Waals surface area contributed by atoms with Crippen LogP contribution >= 0.6 is 0 Å². The van der Waals surface area contributed by atoms with Gasteiger partial charge < -0.3 is 5.32 Å². The van der Waals surface area contributed by atoms with Crippen molar-refractivity contribution in [3.05, 3.63) is 29.8 Å². The average Bonchev–Trinajstić information content (AvgIpc) is 2.37. The molecule has 1 rings (SSSR count). The van der Waals surface area contributed by atoms with Crippen LogP contribution in [0.1, 0.15) is 45.6 Å². The predicted octanol–water partition coefficient (Wildman–Crippen LogP) is 2.21. The molecule has 0 heterocycles. The van der Waals surface area contributed by atoms with Gasteiger partial charge in [-0.15, -0.1) is 0 Å². The van der Waals surface area contributed by atoms with Gasteiger partial charge in [0.1, 0.15) is 0 Å². The number of carbonyl (C=O) groups is 1. The Balaban J connectivity index is 2.45. The number of amides is 1. The van der Waals surface area contributed by atoms with Crippen LogP contribution in [-0.4, -0.2) is 20.4 Å². The molecule has 22 heavy (non-hydrogen) atoms. The molecule has 0 bridgehead atoms. The van der Waals surface area contributed by atoms with Crippen molar-refractivity contribution in [2.24, 2.45) is 11.1 Å². The number of benzene rings is 1. The zero-order valence-corrected chi connectivity index (χ0v) is 14.3. The standard InChI is InChI=1S/C16H26N2O3S/c1-12(2)5-4-6-13(3)18-16(19)11-14-7-9-15(10-8-14)22(17,20)21/h7-10,12-13H,4-6,11H2,1-3H3,(H,18,19)(H2,17,20,21)/t13-/m1/s1. The third-order valence-corrected chi connectivity index (χ3v) is 4.37. The first-order valence-electron chi connectivity index (χ1n) is 7.59. The van der Waals surface area contributed by atoms with Crippen molar-refractivity contribution in [1.29, 1.82) is 0 Å². The van der Waals surface area contributed by atoms with Crippen molar-refractivity contribution in [2.75, 3.05) is 0 Å². The number of rotatable bonds is 8. The van der Waals surface area contributed by atoms with Crippen molar-refractivity contribution < 1.29 is 13.2 Å². The van der Waals surface area contributed by atoms with Crippen molar-refractivity contribution in [3.63, 3.8) is 0 Å². The van der Waals surface area contributed by atoms with Gasteiger partial charge >= 0.3 is 0 Å². The molecule has 0 spiro atoms. The van der Waals surface area contributed by atoms with E-state index in [1.165, 1.54) is 12.1 Å². The van der Waals surface area contributed by atoms with E-state index in [-0.39, 0.29) is 23.3 Å². The van der Waals surface area contributed by atoms with Crippen LogP contribution in [0, 0.1) is 5.92 Å². The fourth-order valence-corrected chi connectivity index (χ4v) is 2.73. The maximum Gasteiger partial charge on any atom is 0.238 e. The highest BCUT2D eigenvalue weighted by atomic mass is 32.2. The van der Waals surface area contributed by atoms with Crippen LogP contribution < -0.4 is 10.5 Å². The molecule has 6 heteroatoms. The predicted molar refractivity (Wildman–Crippen MR) is 87.8 cm³/mol. The summed E-state index contributed by atoms with van der Waals surface area (Å²) in [5.41, 5.74) is 0.763. The average molecular weight is 326 g/mol. The summed E-state index contributed by atoms with van der Waals surface area (Å²) in [6, 6.07) is 6.22. The molecule has 1 amide bonds. The summed E-state index contributed by atoms with van der Waals surface area (Å²) in [5.74, 6) is 0.626. The van der Waals surface area contributed by atoms with Gasteiger partial charge in [-0.2, -0.15) is 0 Å². The van der Waals surface area contributed by atoms with Crippen LogP contribution in [0.25, 0.3) is 0 Å². The Morgan fingerprint density at radius 2 is 1.73 bits per heavy atom. The molecule has 0 aliphatic heterocycles. The molecule has 1 atom stereocenters. The minimum absolute atomic E-state index is 0.0544. The lowest BCUT2D eigenvalue weighted by Crippen LogP contribution is -2.33. The summed E-state index contributed by atoms with van der Waals surface area (Å²) in [7, 11) is -3.68. The van der Waals surface area contributed by atoms with E-state index in [0.717, 1.165) is 24.8 Å². The second-order valence-electron chi connectivity index (χ2n) is 6.16. The van der Waals surface area contributed by atoms with Crippen molar-refractivity contribution >= 4 is 15.9 Å². The quantitative estimate of drug-likeness (QED) is 0.767. The van der Waals surface area contributed by atoms with E-state index in [9.17, 15) is 13.2 Å². The van der Waals surface area contributed by atoms with Crippen molar-refractivity contribution in [1.82, 2.24) is 5.32 Å². The first-order chi connectivity index (χ1) is 10.2. The van der Waals surface area contributed by atoms with Gasteiger partial charge in [0, 0.05) is 6.04 Å². The van der Waals surface area contributed by atoms with E-state index in [0.29, 0.717) is 5.92 Å². The number of hydrogen-bond acceptors (Lipinski definition) is 3. The van der Waals surface area contributed by atoms with Crippen LogP contribution in [0.2, 0.25) is 0 Å². The highest BCUT2D eigenvalue weighted by Crippen LogP contribution is 2.10. The molecule has 0 aromatic heterocycles. The Labute approximate surface area is 133 Å². The molecule has 0 saturated carbocycles. The number of sulfonamides is 1. The Hall–Kier alpha value is -1.40. The topological polar surface area (TPSA) is 89.3 Å². The monoisotopic (exact) mass is 326 g/mol. The van der Waals surface area contributed by atoms with Gasteiger partial charge in [-0.3, -0.25) is 4.79 Å². The lowest BCUT2D eigenvalue weighted by molar-refractivity contribution is -0.121. The molecular formula is C16H26N2O3S. The van der Waals surface area contributed by atoms with Crippen LogP contribution in [0.3, 0.4) is 0 Å². The molecule has 1 aromatic rings. The number of carbonyl (C=O) groups excluding carboxylic acids is 1. The maximum atomic E-state index is 11.9. The number of primary sulfonamides is 1. The minimum atomic E-state index is -3.68. The molecule has 0 aliphatic rings. The first kappa shape index (κ1) is 18.6. The molecule has 5 nitrogen and oxygen atoms in total. The third kappa shape index (κ3) is 7.04. The van der Waals surface area contributed by atoms with Crippen LogP contribution in [-0.2, 0) is 21.2 Å². The molecular weight excluding hydrogens is 300 g/mol. The number of hydrogen-bond donors (Lipinski definition) is 2. The van der Waals surface area contributed by atoms with E-state index in [1.807, 2.05) is 6.92 Å². The van der Waals surface area contributed by atoms with Crippen molar-refractivity contribution in [3.8, 4) is 0 Å². The highest BCUT2D eigenvalue weighted by molar-refractivity contribution is 7.89. The van der Waals surface area contributed by atoms with E-state index >= 15 is 0 Å². The molecule has 0 fully saturated rings. The Bertz CT molecular complexity index is 580. The third-order valence-electron chi connectivity index (χ3n) is 3.44. The highest BCUT2D eigenvalue weighted by Gasteiger charge is 2.10. The fourth-order valence-electron chi connectivity index (χ4n) is 2.21. The Morgan fingerprint density at radius 1 is 1.14 bits per heavy atom. The van der Waals surface area contributed by atoms with Gasteiger partial charge in [0.25, 0.3) is 0 Å². The van der Waals surface area contributed by atoms with Gasteiger partial charge in [-0.05, 0) is 37.0 Å². The summed E-state index contributed by atoms with van der Waals surface area (Å²) in [6.45, 7) is 6.38. The summed E-state index contributed by atoms with van der Waals surface area (Å²) in [6.07, 6.45) is 3.46. The fraction of sp³-hybridized carbons (Fsp3) is 0.562. The first-order valence-corrected chi connectivity index (χ1v) is 9.14. The summed E-state index contributed by atoms with van der Waals surface area (Å²) >= 11 is 0. The van der Waals surface area contributed by atoms with Crippen molar-refractivity contribution in [2.45, 2.75) is 57.4 Å². The summed E-state index contributed by atoms with van der Waals surface area (Å²) < 4.78 is 22.3. The van der Waals surface area contributed by atoms with Gasteiger partial charge in [-0.25, -0.2) is 13.6 Å². The van der Waals surface area contributed by atoms with Gasteiger partial charge in [-0.1, -0.05) is 38.8 Å². The maximum absolute atomic E-state index is 11.9. The summed E-state index contributed by atoms with van der Waals surface area (Å²) in [4.78, 5) is 12.0. The van der Waals surface area contributed by atoms with Gasteiger partial charge in [0.05, 0.1) is 11.3 Å². The minimum Gasteiger partial charge on any atom is -0.353 e. The lowest BCUT2D eigenvalue weighted by Gasteiger charge is -2.14. The second-order valence-corrected chi connectivity index (χ2v) is 7.72. The molecule has 124 valence electrons. The van der Waals surface area contributed by atoms with E-state index in [4.69, 9.17) is 5.14 Å². The molecule has 0 saturated heterocycles.